The molecule has 0 aromatic carbocycles. The van der Waals surface area contributed by atoms with Crippen LogP contribution < -0.4 is 5.48 Å². The smallest absolute Gasteiger partial charge is 0.159 e. The lowest BCUT2D eigenvalue weighted by molar-refractivity contribution is -0.202. The summed E-state index contributed by atoms with van der Waals surface area (Å²) in [6.45, 7) is 7.11. The summed E-state index contributed by atoms with van der Waals surface area (Å²) in [6.07, 6.45) is 9.07. The fourth-order valence-electron chi connectivity index (χ4n) is 8.96. The van der Waals surface area contributed by atoms with Crippen molar-refractivity contribution in [3.8, 4) is 0 Å². The Kier molecular flexibility index (Phi) is 4.86. The van der Waals surface area contributed by atoms with Gasteiger partial charge in [-0.05, 0) is 85.4 Å². The first-order chi connectivity index (χ1) is 13.8. The Hall–Kier alpha value is -0.620. The van der Waals surface area contributed by atoms with E-state index >= 15 is 0 Å². The van der Waals surface area contributed by atoms with Crippen molar-refractivity contribution in [1.29, 1.82) is 0 Å². The Bertz CT molecular complexity index is 682. The predicted octanol–water partition coefficient (Wildman–Crippen LogP) is 3.35. The zero-order valence-electron chi connectivity index (χ0n) is 18.2. The lowest BCUT2D eigenvalue weighted by Crippen LogP contribution is -2.62. The minimum atomic E-state index is -0.706. The molecule has 4 aliphatic carbocycles. The number of hydrogen-bond donors (Lipinski definition) is 4. The largest absolute Gasteiger partial charge is 0.410 e. The Morgan fingerprint density at radius 3 is 2.41 bits per heavy atom. The highest BCUT2D eigenvalue weighted by Gasteiger charge is 2.65. The maximum absolute atomic E-state index is 11.7. The summed E-state index contributed by atoms with van der Waals surface area (Å²) in [6, 6.07) is 0. The SMILES string of the molecule is CC[C@H]1[C@@H](O)C2C3CC[C@H](C4=CC(O)NO4)[C@@]3(C)CCC2[C@@]2(C)CC[C@@H](O)C[C@@H]12. The summed E-state index contributed by atoms with van der Waals surface area (Å²) in [5.74, 6) is 3.36. The summed E-state index contributed by atoms with van der Waals surface area (Å²) in [7, 11) is 0. The minimum absolute atomic E-state index is 0.120. The second-order valence-corrected chi connectivity index (χ2v) is 11.3. The molecule has 0 bridgehead atoms. The van der Waals surface area contributed by atoms with Gasteiger partial charge in [-0.15, -0.1) is 5.48 Å². The summed E-state index contributed by atoms with van der Waals surface area (Å²) in [4.78, 5) is 5.66. The number of rotatable bonds is 2. The van der Waals surface area contributed by atoms with Gasteiger partial charge in [0.2, 0.25) is 0 Å². The molecule has 4 unspecified atom stereocenters. The number of hydrogen-bond acceptors (Lipinski definition) is 5. The van der Waals surface area contributed by atoms with Gasteiger partial charge in [-0.2, -0.15) is 0 Å². The van der Waals surface area contributed by atoms with Crippen LogP contribution in [-0.4, -0.2) is 33.8 Å². The average Bonchev–Trinajstić information content (AvgIpc) is 3.26. The molecule has 5 rings (SSSR count). The van der Waals surface area contributed by atoms with Crippen LogP contribution in [0.15, 0.2) is 11.8 Å². The summed E-state index contributed by atoms with van der Waals surface area (Å²) in [5.41, 5.74) is 3.04. The van der Waals surface area contributed by atoms with E-state index in [-0.39, 0.29) is 23.0 Å². The van der Waals surface area contributed by atoms with Crippen LogP contribution in [0, 0.1) is 46.3 Å². The molecule has 29 heavy (non-hydrogen) atoms. The first-order valence-electron chi connectivity index (χ1n) is 12.0. The van der Waals surface area contributed by atoms with E-state index in [1.807, 2.05) is 6.08 Å². The van der Waals surface area contributed by atoms with Crippen molar-refractivity contribution < 1.29 is 20.2 Å². The van der Waals surface area contributed by atoms with E-state index in [0.29, 0.717) is 35.5 Å². The van der Waals surface area contributed by atoms with Crippen molar-refractivity contribution in [3.05, 3.63) is 11.8 Å². The van der Waals surface area contributed by atoms with Crippen LogP contribution in [0.4, 0.5) is 0 Å². The quantitative estimate of drug-likeness (QED) is 0.566. The molecule has 5 aliphatic rings. The number of aliphatic hydroxyl groups is 3. The molecule has 0 saturated heterocycles. The highest BCUT2D eigenvalue weighted by Crippen LogP contribution is 2.69. The van der Waals surface area contributed by atoms with Crippen molar-refractivity contribution in [1.82, 2.24) is 5.48 Å². The normalized spacial score (nSPS) is 56.8. The zero-order valence-corrected chi connectivity index (χ0v) is 18.2. The average molecular weight is 406 g/mol. The van der Waals surface area contributed by atoms with E-state index in [2.05, 4.69) is 26.3 Å². The third kappa shape index (κ3) is 2.80. The van der Waals surface area contributed by atoms with Gasteiger partial charge < -0.3 is 20.2 Å². The van der Waals surface area contributed by atoms with Gasteiger partial charge in [-0.3, -0.25) is 0 Å². The molecule has 5 heteroatoms. The molecule has 5 nitrogen and oxygen atoms in total. The van der Waals surface area contributed by atoms with Crippen LogP contribution in [0.25, 0.3) is 0 Å². The van der Waals surface area contributed by atoms with Gasteiger partial charge in [-0.1, -0.05) is 27.2 Å². The highest BCUT2D eigenvalue weighted by molar-refractivity contribution is 5.19. The Morgan fingerprint density at radius 2 is 1.72 bits per heavy atom. The van der Waals surface area contributed by atoms with Gasteiger partial charge in [0.25, 0.3) is 0 Å². The van der Waals surface area contributed by atoms with Crippen LogP contribution in [0.3, 0.4) is 0 Å². The van der Waals surface area contributed by atoms with Gasteiger partial charge in [0.1, 0.15) is 5.76 Å². The number of fused-ring (bicyclic) bond motifs is 5. The maximum Gasteiger partial charge on any atom is 0.159 e. The van der Waals surface area contributed by atoms with Crippen LogP contribution in [-0.2, 0) is 4.84 Å². The molecule has 4 fully saturated rings. The summed E-state index contributed by atoms with van der Waals surface area (Å²) >= 11 is 0. The van der Waals surface area contributed by atoms with E-state index in [1.54, 1.807) is 0 Å². The third-order valence-corrected chi connectivity index (χ3v) is 10.4. The van der Waals surface area contributed by atoms with Gasteiger partial charge in [0, 0.05) is 12.0 Å². The molecular weight excluding hydrogens is 366 g/mol. The standard InChI is InChI=1S/C24H39NO4/c1-4-14-18-11-13(26)7-9-24(18,3)17-8-10-23(2)15(19-12-20(27)25-29-19)5-6-16(23)21(17)22(14)28/h12-18,20-22,25-28H,4-11H2,1-3H3/t13-,14-,15-,16?,17?,18+,20?,21?,22-,23-,24-/m1/s1. The first-order valence-corrected chi connectivity index (χ1v) is 12.0. The molecule has 1 aliphatic heterocycles. The predicted molar refractivity (Wildman–Crippen MR) is 110 cm³/mol. The van der Waals surface area contributed by atoms with Gasteiger partial charge in [0.15, 0.2) is 6.23 Å². The summed E-state index contributed by atoms with van der Waals surface area (Å²) in [5, 5.41) is 31.9. The molecule has 4 N–H and O–H groups in total. The van der Waals surface area contributed by atoms with Gasteiger partial charge >= 0.3 is 0 Å². The van der Waals surface area contributed by atoms with Crippen LogP contribution in [0.2, 0.25) is 0 Å². The lowest BCUT2D eigenvalue weighted by Gasteiger charge is -2.64. The zero-order chi connectivity index (χ0) is 20.6. The molecule has 0 spiro atoms. The molecule has 1 heterocycles. The summed E-state index contributed by atoms with van der Waals surface area (Å²) < 4.78 is 0. The van der Waals surface area contributed by atoms with Crippen molar-refractivity contribution in [2.45, 2.75) is 90.6 Å². The van der Waals surface area contributed by atoms with Gasteiger partial charge in [0.05, 0.1) is 12.2 Å². The molecular formula is C24H39NO4. The van der Waals surface area contributed by atoms with Crippen molar-refractivity contribution >= 4 is 0 Å². The van der Waals surface area contributed by atoms with Crippen LogP contribution in [0.1, 0.15) is 72.1 Å². The van der Waals surface area contributed by atoms with Crippen LogP contribution in [0.5, 0.6) is 0 Å². The maximum atomic E-state index is 11.7. The topological polar surface area (TPSA) is 82.0 Å². The molecule has 0 aromatic rings. The van der Waals surface area contributed by atoms with Crippen molar-refractivity contribution in [2.24, 2.45) is 46.3 Å². The monoisotopic (exact) mass is 405 g/mol. The molecule has 0 amide bonds. The van der Waals surface area contributed by atoms with Crippen LogP contribution >= 0.6 is 0 Å². The molecule has 0 aromatic heterocycles. The number of allylic oxidation sites excluding steroid dienone is 1. The Morgan fingerprint density at radius 1 is 1.00 bits per heavy atom. The third-order valence-electron chi connectivity index (χ3n) is 10.4. The van der Waals surface area contributed by atoms with E-state index in [0.717, 1.165) is 57.1 Å². The fraction of sp³-hybridized carbons (Fsp3) is 0.917. The number of hydroxylamine groups is 1. The number of aliphatic hydroxyl groups excluding tert-OH is 3. The molecule has 11 atom stereocenters. The van der Waals surface area contributed by atoms with Gasteiger partial charge in [-0.25, -0.2) is 0 Å². The number of nitrogens with one attached hydrogen (secondary N) is 1. The second kappa shape index (κ2) is 6.94. The van der Waals surface area contributed by atoms with E-state index in [1.165, 1.54) is 0 Å². The lowest BCUT2D eigenvalue weighted by atomic mass is 9.41. The first kappa shape index (κ1) is 20.3. The van der Waals surface area contributed by atoms with E-state index in [4.69, 9.17) is 4.84 Å². The van der Waals surface area contributed by atoms with E-state index in [9.17, 15) is 15.3 Å². The molecule has 164 valence electrons. The van der Waals surface area contributed by atoms with Crippen molar-refractivity contribution in [2.75, 3.05) is 0 Å². The highest BCUT2D eigenvalue weighted by atomic mass is 16.7. The van der Waals surface area contributed by atoms with Crippen molar-refractivity contribution in [3.63, 3.8) is 0 Å². The molecule has 0 radical (unpaired) electrons. The van der Waals surface area contributed by atoms with E-state index < -0.39 is 6.23 Å². The second-order valence-electron chi connectivity index (χ2n) is 11.3. The minimum Gasteiger partial charge on any atom is -0.410 e. The Labute approximate surface area is 174 Å². The molecule has 4 saturated carbocycles. The fourth-order valence-corrected chi connectivity index (χ4v) is 8.96. The Balaban J connectivity index is 1.49.